The lowest BCUT2D eigenvalue weighted by Crippen LogP contribution is -2.29. The van der Waals surface area contributed by atoms with Gasteiger partial charge < -0.3 is 9.47 Å². The van der Waals surface area contributed by atoms with Crippen molar-refractivity contribution in [2.75, 3.05) is 13.2 Å². The maximum absolute atomic E-state index is 5.62. The third-order valence-corrected chi connectivity index (χ3v) is 2.85. The Morgan fingerprint density at radius 3 is 3.06 bits per heavy atom. The molecule has 3 N–H and O–H groups in total. The van der Waals surface area contributed by atoms with Gasteiger partial charge in [0.25, 0.3) is 0 Å². The Kier molecular flexibility index (Phi) is 4.61. The Bertz CT molecular complexity index is 418. The first kappa shape index (κ1) is 12.9. The van der Waals surface area contributed by atoms with Crippen LogP contribution in [0.15, 0.2) is 36.1 Å². The fourth-order valence-corrected chi connectivity index (χ4v) is 1.98. The van der Waals surface area contributed by atoms with Gasteiger partial charge in [0, 0.05) is 6.42 Å². The quantitative estimate of drug-likeness (QED) is 0.599. The summed E-state index contributed by atoms with van der Waals surface area (Å²) < 4.78 is 11.2. The highest BCUT2D eigenvalue weighted by Gasteiger charge is 2.19. The molecule has 1 heterocycles. The van der Waals surface area contributed by atoms with Crippen LogP contribution >= 0.6 is 0 Å². The van der Waals surface area contributed by atoms with Crippen LogP contribution in [0.4, 0.5) is 0 Å². The van der Waals surface area contributed by atoms with Gasteiger partial charge in [0.1, 0.15) is 17.6 Å². The fraction of sp³-hybridized carbons (Fsp3) is 0.429. The Labute approximate surface area is 108 Å². The minimum Gasteiger partial charge on any atom is -0.496 e. The van der Waals surface area contributed by atoms with Crippen LogP contribution in [-0.2, 0) is 4.74 Å². The van der Waals surface area contributed by atoms with E-state index in [4.69, 9.17) is 15.3 Å². The van der Waals surface area contributed by atoms with Crippen molar-refractivity contribution in [3.05, 3.63) is 41.7 Å². The molecule has 0 radical (unpaired) electrons. The summed E-state index contributed by atoms with van der Waals surface area (Å²) in [6.07, 6.45) is 4.01. The average molecular weight is 248 g/mol. The molecule has 0 fully saturated rings. The molecule has 1 unspecified atom stereocenters. The van der Waals surface area contributed by atoms with Gasteiger partial charge in [-0.1, -0.05) is 19.1 Å². The van der Waals surface area contributed by atoms with Gasteiger partial charge in [0.05, 0.1) is 13.2 Å². The first-order valence-electron chi connectivity index (χ1n) is 6.37. The van der Waals surface area contributed by atoms with Crippen molar-refractivity contribution in [3.8, 4) is 5.75 Å². The molecule has 0 amide bonds. The number of hydrogen-bond acceptors (Lipinski definition) is 4. The van der Waals surface area contributed by atoms with Crippen LogP contribution in [0.1, 0.15) is 31.4 Å². The topological polar surface area (TPSA) is 56.5 Å². The third kappa shape index (κ3) is 3.03. The summed E-state index contributed by atoms with van der Waals surface area (Å²) in [6, 6.07) is 7.85. The summed E-state index contributed by atoms with van der Waals surface area (Å²) in [5.74, 6) is 7.39. The standard InChI is InChI=1S/C14H20N2O2/c1-2-8-17-12-6-3-5-11(10-12)14(16-15)13-7-4-9-18-13/h3,5-7,10,14,16H,2,4,8-9,15H2,1H3. The summed E-state index contributed by atoms with van der Waals surface area (Å²) in [7, 11) is 0. The number of nitrogens with two attached hydrogens (primary N) is 1. The van der Waals surface area contributed by atoms with Crippen LogP contribution in [0.3, 0.4) is 0 Å². The molecule has 0 spiro atoms. The first-order chi connectivity index (χ1) is 8.85. The largest absolute Gasteiger partial charge is 0.496 e. The maximum atomic E-state index is 5.62. The van der Waals surface area contributed by atoms with Crippen LogP contribution in [0.25, 0.3) is 0 Å². The SMILES string of the molecule is CCCOc1cccc(C(NN)C2=CCCO2)c1. The van der Waals surface area contributed by atoms with E-state index in [2.05, 4.69) is 18.4 Å². The van der Waals surface area contributed by atoms with Crippen LogP contribution < -0.4 is 16.0 Å². The highest BCUT2D eigenvalue weighted by atomic mass is 16.5. The molecule has 1 aliphatic rings. The molecule has 1 aliphatic heterocycles. The normalized spacial score (nSPS) is 16.0. The summed E-state index contributed by atoms with van der Waals surface area (Å²) in [5.41, 5.74) is 3.85. The lowest BCUT2D eigenvalue weighted by molar-refractivity contribution is 0.215. The van der Waals surface area contributed by atoms with E-state index in [-0.39, 0.29) is 6.04 Å². The van der Waals surface area contributed by atoms with Crippen molar-refractivity contribution in [1.29, 1.82) is 0 Å². The van der Waals surface area contributed by atoms with Crippen molar-refractivity contribution >= 4 is 0 Å². The lowest BCUT2D eigenvalue weighted by atomic mass is 10.1. The van der Waals surface area contributed by atoms with Crippen LogP contribution in [0.5, 0.6) is 5.75 Å². The van der Waals surface area contributed by atoms with E-state index in [0.29, 0.717) is 0 Å². The van der Waals surface area contributed by atoms with E-state index >= 15 is 0 Å². The molecule has 1 aromatic carbocycles. The molecular formula is C14H20N2O2. The highest BCUT2D eigenvalue weighted by molar-refractivity contribution is 5.34. The number of rotatable bonds is 6. The van der Waals surface area contributed by atoms with Crippen molar-refractivity contribution in [2.45, 2.75) is 25.8 Å². The van der Waals surface area contributed by atoms with Gasteiger partial charge in [-0.05, 0) is 30.2 Å². The molecule has 18 heavy (non-hydrogen) atoms. The van der Waals surface area contributed by atoms with Gasteiger partial charge in [-0.3, -0.25) is 5.84 Å². The van der Waals surface area contributed by atoms with E-state index in [9.17, 15) is 0 Å². The smallest absolute Gasteiger partial charge is 0.119 e. The molecule has 0 bridgehead atoms. The second-order valence-corrected chi connectivity index (χ2v) is 4.26. The molecule has 0 saturated carbocycles. The molecule has 98 valence electrons. The second kappa shape index (κ2) is 6.42. The molecule has 0 aromatic heterocycles. The van der Waals surface area contributed by atoms with E-state index < -0.39 is 0 Å². The Balaban J connectivity index is 2.14. The molecule has 2 rings (SSSR count). The molecule has 4 nitrogen and oxygen atoms in total. The summed E-state index contributed by atoms with van der Waals surface area (Å²) in [5, 5.41) is 0. The summed E-state index contributed by atoms with van der Waals surface area (Å²) >= 11 is 0. The van der Waals surface area contributed by atoms with Gasteiger partial charge in [-0.15, -0.1) is 0 Å². The van der Waals surface area contributed by atoms with E-state index in [1.54, 1.807) is 0 Å². The van der Waals surface area contributed by atoms with Gasteiger partial charge in [0.2, 0.25) is 0 Å². The number of ether oxygens (including phenoxy) is 2. The van der Waals surface area contributed by atoms with Gasteiger partial charge >= 0.3 is 0 Å². The Morgan fingerprint density at radius 2 is 2.39 bits per heavy atom. The molecule has 0 saturated heterocycles. The zero-order chi connectivity index (χ0) is 12.8. The van der Waals surface area contributed by atoms with E-state index in [1.165, 1.54) is 0 Å². The molecule has 1 aromatic rings. The van der Waals surface area contributed by atoms with E-state index in [1.807, 2.05) is 24.3 Å². The van der Waals surface area contributed by atoms with Crippen molar-refractivity contribution in [3.63, 3.8) is 0 Å². The number of benzene rings is 1. The monoisotopic (exact) mass is 248 g/mol. The van der Waals surface area contributed by atoms with Crippen molar-refractivity contribution in [1.82, 2.24) is 5.43 Å². The fourth-order valence-electron chi connectivity index (χ4n) is 1.98. The Morgan fingerprint density at radius 1 is 1.50 bits per heavy atom. The predicted octanol–water partition coefficient (Wildman–Crippen LogP) is 2.28. The number of hydrogen-bond donors (Lipinski definition) is 2. The number of nitrogens with one attached hydrogen (secondary N) is 1. The minimum absolute atomic E-state index is 0.0994. The number of hydrazine groups is 1. The Hall–Kier alpha value is -1.52. The summed E-state index contributed by atoms with van der Waals surface area (Å²) in [4.78, 5) is 0. The highest BCUT2D eigenvalue weighted by Crippen LogP contribution is 2.28. The molecule has 4 heteroatoms. The van der Waals surface area contributed by atoms with Crippen LogP contribution in [0.2, 0.25) is 0 Å². The molecular weight excluding hydrogens is 228 g/mol. The average Bonchev–Trinajstić information content (AvgIpc) is 2.92. The molecule has 0 aliphatic carbocycles. The minimum atomic E-state index is -0.0994. The summed E-state index contributed by atoms with van der Waals surface area (Å²) in [6.45, 7) is 3.55. The third-order valence-electron chi connectivity index (χ3n) is 2.85. The maximum Gasteiger partial charge on any atom is 0.119 e. The first-order valence-corrected chi connectivity index (χ1v) is 6.37. The van der Waals surface area contributed by atoms with Crippen molar-refractivity contribution < 1.29 is 9.47 Å². The van der Waals surface area contributed by atoms with Crippen LogP contribution in [0, 0.1) is 0 Å². The van der Waals surface area contributed by atoms with E-state index in [0.717, 1.165) is 43.1 Å². The van der Waals surface area contributed by atoms with Gasteiger partial charge in [-0.25, -0.2) is 5.43 Å². The van der Waals surface area contributed by atoms with Crippen LogP contribution in [-0.4, -0.2) is 13.2 Å². The predicted molar refractivity (Wildman–Crippen MR) is 70.9 cm³/mol. The van der Waals surface area contributed by atoms with Gasteiger partial charge in [0.15, 0.2) is 0 Å². The lowest BCUT2D eigenvalue weighted by Gasteiger charge is -2.18. The zero-order valence-electron chi connectivity index (χ0n) is 10.7. The second-order valence-electron chi connectivity index (χ2n) is 4.26. The zero-order valence-corrected chi connectivity index (χ0v) is 10.7. The van der Waals surface area contributed by atoms with Gasteiger partial charge in [-0.2, -0.15) is 0 Å². The molecule has 1 atom stereocenters. The van der Waals surface area contributed by atoms with Crippen molar-refractivity contribution in [2.24, 2.45) is 5.84 Å².